The van der Waals surface area contributed by atoms with E-state index in [0.29, 0.717) is 17.3 Å². The Hall–Kier alpha value is -2.75. The van der Waals surface area contributed by atoms with Crippen molar-refractivity contribution in [3.63, 3.8) is 0 Å². The van der Waals surface area contributed by atoms with E-state index in [-0.39, 0.29) is 5.91 Å². The molecule has 3 aromatic rings. The summed E-state index contributed by atoms with van der Waals surface area (Å²) in [6.45, 7) is 6.19. The molecule has 0 aliphatic rings. The van der Waals surface area contributed by atoms with Crippen LogP contribution in [-0.2, 0) is 0 Å². The van der Waals surface area contributed by atoms with E-state index in [0.717, 1.165) is 16.6 Å². The van der Waals surface area contributed by atoms with Crippen LogP contribution in [0.1, 0.15) is 41.5 Å². The molecule has 1 amide bonds. The van der Waals surface area contributed by atoms with Crippen LogP contribution in [0.4, 0.5) is 5.69 Å². The summed E-state index contributed by atoms with van der Waals surface area (Å²) in [7, 11) is 0. The Morgan fingerprint density at radius 2 is 1.87 bits per heavy atom. The summed E-state index contributed by atoms with van der Waals surface area (Å²) in [4.78, 5) is 21.0. The molecule has 0 unspecified atom stereocenters. The average Bonchev–Trinajstić information content (AvgIpc) is 2.55. The number of carbonyl (C=O) groups is 1. The van der Waals surface area contributed by atoms with Gasteiger partial charge < -0.3 is 5.32 Å². The molecule has 2 aromatic heterocycles. The number of hydrogen-bond acceptors (Lipinski definition) is 3. The number of fused-ring (bicyclic) bond motifs is 1. The number of amides is 1. The lowest BCUT2D eigenvalue weighted by atomic mass is 10.0. The zero-order chi connectivity index (χ0) is 16.4. The Balaban J connectivity index is 1.89. The van der Waals surface area contributed by atoms with Gasteiger partial charge in [-0.3, -0.25) is 9.78 Å². The highest BCUT2D eigenvalue weighted by atomic mass is 16.1. The first-order valence-corrected chi connectivity index (χ1v) is 7.67. The molecule has 0 saturated carbocycles. The van der Waals surface area contributed by atoms with E-state index in [1.165, 1.54) is 5.56 Å². The first kappa shape index (κ1) is 15.2. The summed E-state index contributed by atoms with van der Waals surface area (Å²) >= 11 is 0. The molecule has 2 heterocycles. The SMILES string of the molecule is Cc1ccc(NC(=O)c2ccc3ccc(C(C)C)cc3n2)cn1. The molecular formula is C19H19N3O. The van der Waals surface area contributed by atoms with Gasteiger partial charge in [-0.05, 0) is 42.7 Å². The molecule has 0 aliphatic heterocycles. The van der Waals surface area contributed by atoms with Crippen LogP contribution in [0, 0.1) is 6.92 Å². The number of benzene rings is 1. The first-order valence-electron chi connectivity index (χ1n) is 7.67. The van der Waals surface area contributed by atoms with Crippen LogP contribution < -0.4 is 5.32 Å². The molecule has 23 heavy (non-hydrogen) atoms. The van der Waals surface area contributed by atoms with Crippen LogP contribution in [-0.4, -0.2) is 15.9 Å². The van der Waals surface area contributed by atoms with Crippen molar-refractivity contribution in [1.29, 1.82) is 0 Å². The molecule has 0 spiro atoms. The second kappa shape index (κ2) is 6.16. The number of aryl methyl sites for hydroxylation is 1. The zero-order valence-electron chi connectivity index (χ0n) is 13.5. The van der Waals surface area contributed by atoms with E-state index in [1.54, 1.807) is 12.3 Å². The quantitative estimate of drug-likeness (QED) is 0.784. The Labute approximate surface area is 135 Å². The summed E-state index contributed by atoms with van der Waals surface area (Å²) in [6.07, 6.45) is 1.64. The van der Waals surface area contributed by atoms with Crippen molar-refractivity contribution in [2.75, 3.05) is 5.32 Å². The van der Waals surface area contributed by atoms with E-state index in [9.17, 15) is 4.79 Å². The number of carbonyl (C=O) groups excluding carboxylic acids is 1. The predicted molar refractivity (Wildman–Crippen MR) is 92.8 cm³/mol. The zero-order valence-corrected chi connectivity index (χ0v) is 13.5. The molecule has 4 nitrogen and oxygen atoms in total. The van der Waals surface area contributed by atoms with Crippen molar-refractivity contribution < 1.29 is 4.79 Å². The summed E-state index contributed by atoms with van der Waals surface area (Å²) in [5.41, 5.74) is 4.03. The molecule has 1 aromatic carbocycles. The van der Waals surface area contributed by atoms with Gasteiger partial charge in [-0.15, -0.1) is 0 Å². The van der Waals surface area contributed by atoms with Gasteiger partial charge in [-0.25, -0.2) is 4.98 Å². The normalized spacial score (nSPS) is 11.0. The molecule has 0 radical (unpaired) electrons. The second-order valence-electron chi connectivity index (χ2n) is 5.95. The van der Waals surface area contributed by atoms with Gasteiger partial charge in [0, 0.05) is 11.1 Å². The number of hydrogen-bond donors (Lipinski definition) is 1. The highest BCUT2D eigenvalue weighted by Gasteiger charge is 2.10. The van der Waals surface area contributed by atoms with Gasteiger partial charge in [-0.2, -0.15) is 0 Å². The fourth-order valence-electron chi connectivity index (χ4n) is 2.36. The van der Waals surface area contributed by atoms with Crippen LogP contribution in [0.15, 0.2) is 48.7 Å². The van der Waals surface area contributed by atoms with Crippen LogP contribution in [0.25, 0.3) is 10.9 Å². The van der Waals surface area contributed by atoms with E-state index in [4.69, 9.17) is 0 Å². The molecule has 0 atom stereocenters. The maximum atomic E-state index is 12.4. The number of nitrogens with one attached hydrogen (secondary N) is 1. The predicted octanol–water partition coefficient (Wildman–Crippen LogP) is 4.31. The van der Waals surface area contributed by atoms with Gasteiger partial charge in [-0.1, -0.05) is 32.0 Å². The Bertz CT molecular complexity index is 854. The standard InChI is InChI=1S/C19H19N3O/c1-12(2)15-6-5-14-7-9-17(22-18(14)10-15)19(23)21-16-8-4-13(3)20-11-16/h4-12H,1-3H3,(H,21,23). The number of aromatic nitrogens is 2. The molecule has 1 N–H and O–H groups in total. The molecular weight excluding hydrogens is 286 g/mol. The fourth-order valence-corrected chi connectivity index (χ4v) is 2.36. The average molecular weight is 305 g/mol. The second-order valence-corrected chi connectivity index (χ2v) is 5.95. The number of pyridine rings is 2. The van der Waals surface area contributed by atoms with Gasteiger partial charge in [0.2, 0.25) is 0 Å². The Kier molecular flexibility index (Phi) is 4.06. The molecule has 116 valence electrons. The van der Waals surface area contributed by atoms with Crippen LogP contribution in [0.3, 0.4) is 0 Å². The largest absolute Gasteiger partial charge is 0.319 e. The summed E-state index contributed by atoms with van der Waals surface area (Å²) < 4.78 is 0. The first-order chi connectivity index (χ1) is 11.0. The Morgan fingerprint density at radius 1 is 1.09 bits per heavy atom. The Morgan fingerprint density at radius 3 is 2.57 bits per heavy atom. The van der Waals surface area contributed by atoms with Crippen molar-refractivity contribution in [2.24, 2.45) is 0 Å². The third kappa shape index (κ3) is 3.37. The smallest absolute Gasteiger partial charge is 0.274 e. The lowest BCUT2D eigenvalue weighted by Gasteiger charge is -2.08. The monoisotopic (exact) mass is 305 g/mol. The fraction of sp³-hybridized carbons (Fsp3) is 0.211. The minimum absolute atomic E-state index is 0.229. The van der Waals surface area contributed by atoms with Gasteiger partial charge in [0.25, 0.3) is 5.91 Å². The minimum atomic E-state index is -0.229. The minimum Gasteiger partial charge on any atom is -0.319 e. The van der Waals surface area contributed by atoms with Crippen molar-refractivity contribution in [2.45, 2.75) is 26.7 Å². The maximum absolute atomic E-state index is 12.4. The molecule has 3 rings (SSSR count). The molecule has 0 aliphatic carbocycles. The number of rotatable bonds is 3. The highest BCUT2D eigenvalue weighted by molar-refractivity contribution is 6.04. The lowest BCUT2D eigenvalue weighted by Crippen LogP contribution is -2.13. The lowest BCUT2D eigenvalue weighted by molar-refractivity contribution is 0.102. The highest BCUT2D eigenvalue weighted by Crippen LogP contribution is 2.20. The third-order valence-corrected chi connectivity index (χ3v) is 3.78. The van der Waals surface area contributed by atoms with Crippen molar-refractivity contribution in [3.05, 3.63) is 65.6 Å². The number of nitrogens with zero attached hydrogens (tertiary/aromatic N) is 2. The van der Waals surface area contributed by atoms with Gasteiger partial charge in [0.05, 0.1) is 17.4 Å². The molecule has 4 heteroatoms. The topological polar surface area (TPSA) is 54.9 Å². The van der Waals surface area contributed by atoms with Crippen LogP contribution in [0.5, 0.6) is 0 Å². The van der Waals surface area contributed by atoms with Gasteiger partial charge in [0.15, 0.2) is 0 Å². The van der Waals surface area contributed by atoms with E-state index < -0.39 is 0 Å². The van der Waals surface area contributed by atoms with Crippen molar-refractivity contribution in [3.8, 4) is 0 Å². The summed E-state index contributed by atoms with van der Waals surface area (Å²) in [5, 5.41) is 3.85. The molecule has 0 bridgehead atoms. The molecule has 0 fully saturated rings. The van der Waals surface area contributed by atoms with Gasteiger partial charge >= 0.3 is 0 Å². The maximum Gasteiger partial charge on any atom is 0.274 e. The van der Waals surface area contributed by atoms with Crippen molar-refractivity contribution >= 4 is 22.5 Å². The van der Waals surface area contributed by atoms with Gasteiger partial charge in [0.1, 0.15) is 5.69 Å². The van der Waals surface area contributed by atoms with E-state index in [1.807, 2.05) is 37.3 Å². The van der Waals surface area contributed by atoms with E-state index in [2.05, 4.69) is 35.2 Å². The summed E-state index contributed by atoms with van der Waals surface area (Å²) in [6, 6.07) is 13.6. The van der Waals surface area contributed by atoms with Crippen LogP contribution in [0.2, 0.25) is 0 Å². The third-order valence-electron chi connectivity index (χ3n) is 3.78. The number of anilines is 1. The van der Waals surface area contributed by atoms with Crippen molar-refractivity contribution in [1.82, 2.24) is 9.97 Å². The summed E-state index contributed by atoms with van der Waals surface area (Å²) in [5.74, 6) is 0.199. The van der Waals surface area contributed by atoms with Crippen LogP contribution >= 0.6 is 0 Å². The molecule has 0 saturated heterocycles. The van der Waals surface area contributed by atoms with E-state index >= 15 is 0 Å².